The van der Waals surface area contributed by atoms with Crippen LogP contribution in [0.1, 0.15) is 59.3 Å². The number of nitrogens with one attached hydrogen (secondary N) is 2. The van der Waals surface area contributed by atoms with E-state index in [1.54, 1.807) is 0 Å². The zero-order chi connectivity index (χ0) is 12.7. The molecule has 1 fully saturated rings. The third-order valence-corrected chi connectivity index (χ3v) is 3.77. The van der Waals surface area contributed by atoms with Crippen molar-refractivity contribution >= 4 is 5.91 Å². The Morgan fingerprint density at radius 1 is 1.29 bits per heavy atom. The van der Waals surface area contributed by atoms with E-state index in [1.165, 1.54) is 32.1 Å². The van der Waals surface area contributed by atoms with Crippen LogP contribution in [0.25, 0.3) is 0 Å². The summed E-state index contributed by atoms with van der Waals surface area (Å²) in [5.74, 6) is 0.835. The molecule has 0 spiro atoms. The van der Waals surface area contributed by atoms with E-state index in [9.17, 15) is 4.79 Å². The SMILES string of the molecule is CCCNC(=O)C(C)NC1CCCCCC1C. The fraction of sp³-hybridized carbons (Fsp3) is 0.929. The molecule has 0 bridgehead atoms. The van der Waals surface area contributed by atoms with Gasteiger partial charge in [0.25, 0.3) is 0 Å². The topological polar surface area (TPSA) is 41.1 Å². The van der Waals surface area contributed by atoms with Gasteiger partial charge in [0.1, 0.15) is 0 Å². The van der Waals surface area contributed by atoms with Gasteiger partial charge < -0.3 is 10.6 Å². The minimum Gasteiger partial charge on any atom is -0.355 e. The van der Waals surface area contributed by atoms with Crippen LogP contribution >= 0.6 is 0 Å². The Labute approximate surface area is 106 Å². The largest absolute Gasteiger partial charge is 0.355 e. The van der Waals surface area contributed by atoms with Gasteiger partial charge in [0.05, 0.1) is 6.04 Å². The first-order valence-corrected chi connectivity index (χ1v) is 7.19. The van der Waals surface area contributed by atoms with E-state index < -0.39 is 0 Å². The highest BCUT2D eigenvalue weighted by atomic mass is 16.2. The van der Waals surface area contributed by atoms with Crippen molar-refractivity contribution in [2.75, 3.05) is 6.54 Å². The summed E-state index contributed by atoms with van der Waals surface area (Å²) >= 11 is 0. The number of hydrogen-bond acceptors (Lipinski definition) is 2. The molecule has 17 heavy (non-hydrogen) atoms. The maximum Gasteiger partial charge on any atom is 0.236 e. The molecule has 0 radical (unpaired) electrons. The highest BCUT2D eigenvalue weighted by molar-refractivity contribution is 5.81. The lowest BCUT2D eigenvalue weighted by Crippen LogP contribution is -2.48. The minimum absolute atomic E-state index is 0.0629. The maximum absolute atomic E-state index is 11.8. The average molecular weight is 240 g/mol. The molecule has 3 heteroatoms. The summed E-state index contributed by atoms with van der Waals surface area (Å²) in [6.45, 7) is 7.14. The second-order valence-electron chi connectivity index (χ2n) is 5.40. The molecule has 3 atom stereocenters. The number of carbonyl (C=O) groups is 1. The molecular formula is C14H28N2O. The summed E-state index contributed by atoms with van der Waals surface area (Å²) in [6.07, 6.45) is 7.49. The van der Waals surface area contributed by atoms with Gasteiger partial charge in [-0.3, -0.25) is 4.79 Å². The lowest BCUT2D eigenvalue weighted by Gasteiger charge is -2.26. The zero-order valence-electron chi connectivity index (χ0n) is 11.6. The lowest BCUT2D eigenvalue weighted by atomic mass is 9.96. The van der Waals surface area contributed by atoms with E-state index in [4.69, 9.17) is 0 Å². The molecule has 100 valence electrons. The van der Waals surface area contributed by atoms with Crippen LogP contribution < -0.4 is 10.6 Å². The predicted octanol–water partition coefficient (Wildman–Crippen LogP) is 2.46. The molecule has 0 aromatic rings. The lowest BCUT2D eigenvalue weighted by molar-refractivity contribution is -0.123. The zero-order valence-corrected chi connectivity index (χ0v) is 11.6. The highest BCUT2D eigenvalue weighted by Crippen LogP contribution is 2.23. The van der Waals surface area contributed by atoms with Gasteiger partial charge in [0, 0.05) is 12.6 Å². The van der Waals surface area contributed by atoms with E-state index in [-0.39, 0.29) is 11.9 Å². The molecule has 1 saturated carbocycles. The second-order valence-corrected chi connectivity index (χ2v) is 5.40. The van der Waals surface area contributed by atoms with Gasteiger partial charge in [-0.2, -0.15) is 0 Å². The average Bonchev–Trinajstić information content (AvgIpc) is 2.52. The molecule has 1 rings (SSSR count). The summed E-state index contributed by atoms with van der Waals surface area (Å²) in [6, 6.07) is 0.451. The fourth-order valence-electron chi connectivity index (χ4n) is 2.54. The van der Waals surface area contributed by atoms with Crippen LogP contribution in [0.5, 0.6) is 0 Å². The molecule has 0 saturated heterocycles. The fourth-order valence-corrected chi connectivity index (χ4v) is 2.54. The Hall–Kier alpha value is -0.570. The standard InChI is InChI=1S/C14H28N2O/c1-4-10-15-14(17)12(3)16-13-9-7-5-6-8-11(13)2/h11-13,16H,4-10H2,1-3H3,(H,15,17). The third-order valence-electron chi connectivity index (χ3n) is 3.77. The first kappa shape index (κ1) is 14.5. The quantitative estimate of drug-likeness (QED) is 0.725. The van der Waals surface area contributed by atoms with Gasteiger partial charge in [0.2, 0.25) is 5.91 Å². The molecule has 3 nitrogen and oxygen atoms in total. The van der Waals surface area contributed by atoms with Gasteiger partial charge >= 0.3 is 0 Å². The molecule has 1 aliphatic rings. The summed E-state index contributed by atoms with van der Waals surface area (Å²) < 4.78 is 0. The summed E-state index contributed by atoms with van der Waals surface area (Å²) in [5.41, 5.74) is 0. The summed E-state index contributed by atoms with van der Waals surface area (Å²) in [7, 11) is 0. The van der Waals surface area contributed by atoms with Crippen molar-refractivity contribution in [3.05, 3.63) is 0 Å². The van der Waals surface area contributed by atoms with Gasteiger partial charge in [-0.05, 0) is 32.1 Å². The Kier molecular flexibility index (Phi) is 6.56. The molecule has 0 aromatic heterocycles. The van der Waals surface area contributed by atoms with Gasteiger partial charge in [0.15, 0.2) is 0 Å². The molecule has 0 aromatic carbocycles. The molecule has 1 amide bonds. The molecule has 0 heterocycles. The van der Waals surface area contributed by atoms with Crippen LogP contribution in [0.3, 0.4) is 0 Å². The summed E-state index contributed by atoms with van der Waals surface area (Å²) in [4.78, 5) is 11.8. The highest BCUT2D eigenvalue weighted by Gasteiger charge is 2.23. The number of carbonyl (C=O) groups excluding carboxylic acids is 1. The van der Waals surface area contributed by atoms with E-state index in [2.05, 4.69) is 24.5 Å². The first-order valence-electron chi connectivity index (χ1n) is 7.19. The number of rotatable bonds is 5. The summed E-state index contributed by atoms with van der Waals surface area (Å²) in [5, 5.41) is 6.46. The van der Waals surface area contributed by atoms with Crippen molar-refractivity contribution in [1.82, 2.24) is 10.6 Å². The van der Waals surface area contributed by atoms with Crippen LogP contribution in [-0.4, -0.2) is 24.5 Å². The van der Waals surface area contributed by atoms with Crippen LogP contribution in [0.2, 0.25) is 0 Å². The van der Waals surface area contributed by atoms with Crippen LogP contribution in [0.15, 0.2) is 0 Å². The van der Waals surface area contributed by atoms with E-state index in [0.29, 0.717) is 12.0 Å². The predicted molar refractivity (Wildman–Crippen MR) is 71.9 cm³/mol. The molecule has 2 N–H and O–H groups in total. The van der Waals surface area contributed by atoms with Crippen molar-refractivity contribution in [1.29, 1.82) is 0 Å². The van der Waals surface area contributed by atoms with Gasteiger partial charge in [-0.15, -0.1) is 0 Å². The number of amides is 1. The van der Waals surface area contributed by atoms with E-state index in [1.807, 2.05) is 6.92 Å². The van der Waals surface area contributed by atoms with Crippen LogP contribution in [0, 0.1) is 5.92 Å². The van der Waals surface area contributed by atoms with E-state index in [0.717, 1.165) is 13.0 Å². The Bertz CT molecular complexity index is 230. The maximum atomic E-state index is 11.8. The third kappa shape index (κ3) is 5.07. The van der Waals surface area contributed by atoms with Crippen molar-refractivity contribution in [3.8, 4) is 0 Å². The van der Waals surface area contributed by atoms with Crippen molar-refractivity contribution in [3.63, 3.8) is 0 Å². The Morgan fingerprint density at radius 2 is 2.00 bits per heavy atom. The second kappa shape index (κ2) is 7.70. The van der Waals surface area contributed by atoms with Crippen molar-refractivity contribution < 1.29 is 4.79 Å². The van der Waals surface area contributed by atoms with Crippen molar-refractivity contribution in [2.24, 2.45) is 5.92 Å². The molecule has 3 unspecified atom stereocenters. The number of hydrogen-bond donors (Lipinski definition) is 2. The monoisotopic (exact) mass is 240 g/mol. The van der Waals surface area contributed by atoms with Crippen LogP contribution in [0.4, 0.5) is 0 Å². The van der Waals surface area contributed by atoms with Gasteiger partial charge in [-0.1, -0.05) is 33.1 Å². The Balaban J connectivity index is 2.37. The Morgan fingerprint density at radius 3 is 2.71 bits per heavy atom. The smallest absolute Gasteiger partial charge is 0.236 e. The normalized spacial score (nSPS) is 27.2. The van der Waals surface area contributed by atoms with Gasteiger partial charge in [-0.25, -0.2) is 0 Å². The molecular weight excluding hydrogens is 212 g/mol. The molecule has 0 aliphatic heterocycles. The van der Waals surface area contributed by atoms with E-state index >= 15 is 0 Å². The molecule has 1 aliphatic carbocycles. The van der Waals surface area contributed by atoms with Crippen LogP contribution in [-0.2, 0) is 4.79 Å². The van der Waals surface area contributed by atoms with Crippen molar-refractivity contribution in [2.45, 2.75) is 71.4 Å². The first-order chi connectivity index (χ1) is 8.15. The minimum atomic E-state index is -0.0629.